The molecule has 2 rings (SSSR count). The topological polar surface area (TPSA) is 157 Å². The minimum absolute atomic E-state index is 0.0384. The van der Waals surface area contributed by atoms with E-state index < -0.39 is 48.0 Å². The Morgan fingerprint density at radius 2 is 1.52 bits per heavy atom. The smallest absolute Gasteiger partial charge is 0.322 e. The number of hydrogen-bond acceptors (Lipinski definition) is 5. The zero-order valence-electron chi connectivity index (χ0n) is 25.3. The first-order chi connectivity index (χ1) is 19.8. The molecule has 0 aliphatic rings. The lowest BCUT2D eigenvalue weighted by Crippen LogP contribution is -2.58. The molecule has 11 heteroatoms. The largest absolute Gasteiger partial charge is 0.389 e. The summed E-state index contributed by atoms with van der Waals surface area (Å²) in [6, 6.07) is 15.1. The first-order valence-corrected chi connectivity index (χ1v) is 14.3. The van der Waals surface area contributed by atoms with Gasteiger partial charge >= 0.3 is 12.1 Å². The molecule has 0 heterocycles. The molecule has 0 spiro atoms. The van der Waals surface area contributed by atoms with Gasteiger partial charge in [0.25, 0.3) is 0 Å². The van der Waals surface area contributed by atoms with Crippen LogP contribution in [0.2, 0.25) is 0 Å². The lowest BCUT2D eigenvalue weighted by Gasteiger charge is -2.33. The monoisotopic (exact) mass is 582 g/mol. The molecule has 42 heavy (non-hydrogen) atoms. The van der Waals surface area contributed by atoms with Crippen LogP contribution in [0.3, 0.4) is 0 Å². The predicted molar refractivity (Wildman–Crippen MR) is 164 cm³/mol. The molecule has 3 unspecified atom stereocenters. The number of nitrogens with zero attached hydrogens (tertiary/aromatic N) is 2. The van der Waals surface area contributed by atoms with Crippen molar-refractivity contribution in [1.82, 2.24) is 20.9 Å². The number of aliphatic hydroxyl groups excluding tert-OH is 1. The molecule has 11 nitrogen and oxygen atoms in total. The predicted octanol–water partition coefficient (Wildman–Crippen LogP) is 2.78. The fraction of sp³-hybridized carbons (Fsp3) is 0.484. The molecule has 0 aromatic heterocycles. The highest BCUT2D eigenvalue weighted by Crippen LogP contribution is 2.13. The summed E-state index contributed by atoms with van der Waals surface area (Å²) in [6.07, 6.45) is 0.240. The van der Waals surface area contributed by atoms with E-state index in [9.17, 15) is 24.3 Å². The van der Waals surface area contributed by atoms with Crippen molar-refractivity contribution in [2.75, 3.05) is 25.0 Å². The highest BCUT2D eigenvalue weighted by atomic mass is 16.3. The van der Waals surface area contributed by atoms with Gasteiger partial charge < -0.3 is 31.7 Å². The maximum Gasteiger partial charge on any atom is 0.322 e. The van der Waals surface area contributed by atoms with Crippen LogP contribution in [0.5, 0.6) is 0 Å². The van der Waals surface area contributed by atoms with Gasteiger partial charge in [-0.2, -0.15) is 0 Å². The number of carbonyl (C=O) groups excluding carboxylic acids is 4. The Morgan fingerprint density at radius 1 is 0.929 bits per heavy atom. The average Bonchev–Trinajstić information content (AvgIpc) is 2.93. The van der Waals surface area contributed by atoms with Gasteiger partial charge in [0.2, 0.25) is 11.8 Å². The number of aliphatic hydroxyl groups is 1. The number of nitrogens with two attached hydrogens (primary N) is 1. The number of benzene rings is 2. The number of anilines is 1. The molecule has 2 aromatic rings. The number of amides is 6. The molecule has 230 valence electrons. The van der Waals surface area contributed by atoms with Gasteiger partial charge in [-0.05, 0) is 51.3 Å². The molecule has 0 saturated carbocycles. The van der Waals surface area contributed by atoms with E-state index in [2.05, 4.69) is 16.0 Å². The molecule has 0 radical (unpaired) electrons. The van der Waals surface area contributed by atoms with Gasteiger partial charge in [-0.1, -0.05) is 61.9 Å². The summed E-state index contributed by atoms with van der Waals surface area (Å²) in [5.41, 5.74) is 6.38. The van der Waals surface area contributed by atoms with Crippen LogP contribution in [0.25, 0.3) is 0 Å². The van der Waals surface area contributed by atoms with Crippen molar-refractivity contribution < 1.29 is 24.3 Å². The minimum Gasteiger partial charge on any atom is -0.389 e. The van der Waals surface area contributed by atoms with Crippen molar-refractivity contribution in [3.8, 4) is 0 Å². The van der Waals surface area contributed by atoms with Crippen molar-refractivity contribution in [1.29, 1.82) is 0 Å². The third kappa shape index (κ3) is 11.8. The summed E-state index contributed by atoms with van der Waals surface area (Å²) in [5.74, 6) is -1.45. The Bertz CT molecular complexity index is 1160. The van der Waals surface area contributed by atoms with E-state index in [4.69, 9.17) is 5.73 Å². The van der Waals surface area contributed by atoms with Gasteiger partial charge in [-0.25, -0.2) is 9.59 Å². The first-order valence-electron chi connectivity index (χ1n) is 14.3. The van der Waals surface area contributed by atoms with Crippen LogP contribution in [0.1, 0.15) is 52.5 Å². The Labute approximate surface area is 248 Å². The number of primary amides is 1. The molecule has 6 N–H and O–H groups in total. The molecule has 0 fully saturated rings. The van der Waals surface area contributed by atoms with Crippen LogP contribution in [0.15, 0.2) is 60.7 Å². The lowest BCUT2D eigenvalue weighted by atomic mass is 9.99. The van der Waals surface area contributed by atoms with Crippen molar-refractivity contribution >= 4 is 29.6 Å². The number of rotatable bonds is 14. The standard InChI is InChI=1S/C31H46N6O5/c1-6-7-18-37(30(42)35-31(2,3)4)21-26(38)24(19-22-14-10-8-11-15-22)33-28(40)25(20-27(32)39)34-29(41)36(5)23-16-12-9-13-17-23/h8-17,24-26,38H,6-7,18-21H2,1-5H3,(H2,32,39)(H,33,40)(H,34,41)(H,35,42). The molecule has 3 atom stereocenters. The van der Waals surface area contributed by atoms with Crippen LogP contribution >= 0.6 is 0 Å². The number of unbranched alkanes of at least 4 members (excludes halogenated alkanes) is 1. The number of para-hydroxylation sites is 1. The molecule has 6 amide bonds. The lowest BCUT2D eigenvalue weighted by molar-refractivity contribution is -0.128. The number of urea groups is 2. The van der Waals surface area contributed by atoms with Crippen molar-refractivity contribution in [2.45, 2.75) is 77.1 Å². The second-order valence-electron chi connectivity index (χ2n) is 11.4. The van der Waals surface area contributed by atoms with Gasteiger partial charge in [-0.3, -0.25) is 14.5 Å². The van der Waals surface area contributed by atoms with E-state index in [-0.39, 0.29) is 19.0 Å². The van der Waals surface area contributed by atoms with E-state index in [0.29, 0.717) is 12.2 Å². The highest BCUT2D eigenvalue weighted by Gasteiger charge is 2.31. The Hall–Kier alpha value is -4.12. The van der Waals surface area contributed by atoms with Crippen LogP contribution in [-0.4, -0.2) is 77.7 Å². The number of carbonyl (C=O) groups is 4. The average molecular weight is 583 g/mol. The third-order valence-corrected chi connectivity index (χ3v) is 6.52. The zero-order chi connectivity index (χ0) is 31.3. The third-order valence-electron chi connectivity index (χ3n) is 6.52. The minimum atomic E-state index is -1.29. The van der Waals surface area contributed by atoms with Crippen LogP contribution in [0.4, 0.5) is 15.3 Å². The zero-order valence-corrected chi connectivity index (χ0v) is 25.3. The molecule has 0 aliphatic heterocycles. The summed E-state index contributed by atoms with van der Waals surface area (Å²) in [4.78, 5) is 54.2. The fourth-order valence-electron chi connectivity index (χ4n) is 4.24. The summed E-state index contributed by atoms with van der Waals surface area (Å²) in [5, 5.41) is 19.7. The van der Waals surface area contributed by atoms with Crippen LogP contribution < -0.4 is 26.6 Å². The molecule has 0 bridgehead atoms. The normalized spacial score (nSPS) is 13.3. The summed E-state index contributed by atoms with van der Waals surface area (Å²) < 4.78 is 0. The Balaban J connectivity index is 2.27. The van der Waals surface area contributed by atoms with Gasteiger partial charge in [0, 0.05) is 24.8 Å². The highest BCUT2D eigenvalue weighted by molar-refractivity contribution is 5.96. The quantitative estimate of drug-likeness (QED) is 0.232. The van der Waals surface area contributed by atoms with E-state index in [1.807, 2.05) is 64.1 Å². The van der Waals surface area contributed by atoms with Crippen LogP contribution in [-0.2, 0) is 16.0 Å². The summed E-state index contributed by atoms with van der Waals surface area (Å²) in [6.45, 7) is 8.02. The number of hydrogen-bond donors (Lipinski definition) is 5. The van der Waals surface area contributed by atoms with Crippen molar-refractivity contribution in [3.05, 3.63) is 66.2 Å². The first kappa shape index (κ1) is 34.1. The van der Waals surface area contributed by atoms with E-state index in [1.54, 1.807) is 36.2 Å². The van der Waals surface area contributed by atoms with Gasteiger partial charge in [-0.15, -0.1) is 0 Å². The Morgan fingerprint density at radius 3 is 2.07 bits per heavy atom. The maximum atomic E-state index is 13.5. The van der Waals surface area contributed by atoms with E-state index in [0.717, 1.165) is 18.4 Å². The van der Waals surface area contributed by atoms with Gasteiger partial charge in [0.05, 0.1) is 25.1 Å². The summed E-state index contributed by atoms with van der Waals surface area (Å²) >= 11 is 0. The summed E-state index contributed by atoms with van der Waals surface area (Å²) in [7, 11) is 1.54. The molecular formula is C31H46N6O5. The molecule has 0 aliphatic carbocycles. The maximum absolute atomic E-state index is 13.5. The van der Waals surface area contributed by atoms with Gasteiger partial charge in [0.1, 0.15) is 6.04 Å². The van der Waals surface area contributed by atoms with Crippen molar-refractivity contribution in [2.24, 2.45) is 5.73 Å². The molecular weight excluding hydrogens is 536 g/mol. The second kappa shape index (κ2) is 16.4. The van der Waals surface area contributed by atoms with Crippen LogP contribution in [0, 0.1) is 0 Å². The second-order valence-corrected chi connectivity index (χ2v) is 11.4. The molecule has 0 saturated heterocycles. The SMILES string of the molecule is CCCCN(CC(O)C(Cc1ccccc1)NC(=O)C(CC(N)=O)NC(=O)N(C)c1ccccc1)C(=O)NC(C)(C)C. The Kier molecular flexibility index (Phi) is 13.3. The fourth-order valence-corrected chi connectivity index (χ4v) is 4.24. The van der Waals surface area contributed by atoms with E-state index >= 15 is 0 Å². The van der Waals surface area contributed by atoms with Crippen molar-refractivity contribution in [3.63, 3.8) is 0 Å². The number of nitrogens with one attached hydrogen (secondary N) is 3. The molecule has 2 aromatic carbocycles. The van der Waals surface area contributed by atoms with Gasteiger partial charge in [0.15, 0.2) is 0 Å². The van der Waals surface area contributed by atoms with E-state index in [1.165, 1.54) is 4.90 Å².